The van der Waals surface area contributed by atoms with E-state index in [2.05, 4.69) is 4.90 Å². The molecule has 1 aromatic carbocycles. The molecule has 5 heteroatoms. The van der Waals surface area contributed by atoms with Crippen LogP contribution in [0.25, 0.3) is 0 Å². The molecule has 2 rings (SSSR count). The zero-order valence-corrected chi connectivity index (χ0v) is 11.4. The molecule has 4 N–H and O–H groups in total. The molecular formula is C14H21N3O2. The normalized spacial score (nSPS) is 23.4. The van der Waals surface area contributed by atoms with Crippen molar-refractivity contribution in [3.8, 4) is 0 Å². The Morgan fingerprint density at radius 2 is 2.26 bits per heavy atom. The molecule has 1 saturated heterocycles. The molecule has 0 radical (unpaired) electrons. The molecule has 1 aliphatic heterocycles. The van der Waals surface area contributed by atoms with Crippen molar-refractivity contribution in [2.45, 2.75) is 26.1 Å². The van der Waals surface area contributed by atoms with Crippen LogP contribution in [0, 0.1) is 12.3 Å². The van der Waals surface area contributed by atoms with Gasteiger partial charge in [-0.2, -0.15) is 0 Å². The third kappa shape index (κ3) is 3.05. The van der Waals surface area contributed by atoms with Gasteiger partial charge in [0, 0.05) is 24.3 Å². The smallest absolute Gasteiger partial charge is 0.124 e. The molecule has 1 heterocycles. The number of nitrogens with two attached hydrogens (primary N) is 1. The monoisotopic (exact) mass is 263 g/mol. The molecule has 1 fully saturated rings. The Kier molecular flexibility index (Phi) is 4.07. The number of hydrogen-bond acceptors (Lipinski definition) is 4. The topological polar surface area (TPSA) is 82.6 Å². The molecule has 0 saturated carbocycles. The van der Waals surface area contributed by atoms with Gasteiger partial charge in [-0.1, -0.05) is 11.6 Å². The van der Waals surface area contributed by atoms with Crippen LogP contribution in [0.1, 0.15) is 18.1 Å². The van der Waals surface area contributed by atoms with Gasteiger partial charge in [-0.25, -0.2) is 0 Å². The maximum absolute atomic E-state index is 9.28. The zero-order chi connectivity index (χ0) is 14.0. The van der Waals surface area contributed by atoms with Crippen LogP contribution in [0.3, 0.4) is 0 Å². The van der Waals surface area contributed by atoms with Gasteiger partial charge in [-0.05, 0) is 26.0 Å². The van der Waals surface area contributed by atoms with Crippen molar-refractivity contribution in [1.29, 1.82) is 5.41 Å². The predicted molar refractivity (Wildman–Crippen MR) is 75.8 cm³/mol. The summed E-state index contributed by atoms with van der Waals surface area (Å²) in [5, 5.41) is 17.0. The first-order valence-corrected chi connectivity index (χ1v) is 6.47. The van der Waals surface area contributed by atoms with E-state index >= 15 is 0 Å². The number of anilines is 1. The molecule has 0 amide bonds. The number of rotatable bonds is 3. The Hall–Kier alpha value is -1.59. The standard InChI is InChI=1S/C14H21N3O2/c1-9-3-4-13(12(5-9)14(15)16)17-6-10(2)19-11(7-17)8-18/h3-5,10-11,18H,6-8H2,1-2H3,(H3,15,16). The SMILES string of the molecule is Cc1ccc(N2CC(C)OC(CO)C2)c(C(=N)N)c1. The molecule has 0 aliphatic carbocycles. The Balaban J connectivity index is 2.32. The first kappa shape index (κ1) is 13.8. The molecule has 1 aromatic rings. The van der Waals surface area contributed by atoms with E-state index in [1.165, 1.54) is 0 Å². The fraction of sp³-hybridized carbons (Fsp3) is 0.500. The second-order valence-electron chi connectivity index (χ2n) is 5.09. The van der Waals surface area contributed by atoms with Crippen LogP contribution in [0.4, 0.5) is 5.69 Å². The highest BCUT2D eigenvalue weighted by Gasteiger charge is 2.26. The highest BCUT2D eigenvalue weighted by molar-refractivity contribution is 6.00. The minimum Gasteiger partial charge on any atom is -0.394 e. The number of nitrogens with one attached hydrogen (secondary N) is 1. The van der Waals surface area contributed by atoms with E-state index in [0.29, 0.717) is 6.54 Å². The second kappa shape index (κ2) is 5.59. The van der Waals surface area contributed by atoms with Crippen molar-refractivity contribution in [1.82, 2.24) is 0 Å². The Labute approximate surface area is 113 Å². The summed E-state index contributed by atoms with van der Waals surface area (Å²) in [4.78, 5) is 2.13. The van der Waals surface area contributed by atoms with Crippen molar-refractivity contribution >= 4 is 11.5 Å². The molecule has 0 bridgehead atoms. The van der Waals surface area contributed by atoms with Gasteiger partial charge in [0.1, 0.15) is 5.84 Å². The van der Waals surface area contributed by atoms with Gasteiger partial charge in [0.25, 0.3) is 0 Å². The summed E-state index contributed by atoms with van der Waals surface area (Å²) in [7, 11) is 0. The fourth-order valence-corrected chi connectivity index (χ4v) is 2.48. The van der Waals surface area contributed by atoms with Gasteiger partial charge in [0.2, 0.25) is 0 Å². The number of benzene rings is 1. The van der Waals surface area contributed by atoms with E-state index in [1.807, 2.05) is 32.0 Å². The molecule has 0 spiro atoms. The quantitative estimate of drug-likeness (QED) is 0.558. The molecule has 2 atom stereocenters. The number of ether oxygens (including phenoxy) is 1. The van der Waals surface area contributed by atoms with Crippen molar-refractivity contribution in [2.75, 3.05) is 24.6 Å². The number of amidine groups is 1. The number of nitrogens with zero attached hydrogens (tertiary/aromatic N) is 1. The van der Waals surface area contributed by atoms with Crippen molar-refractivity contribution in [3.63, 3.8) is 0 Å². The minimum atomic E-state index is -0.190. The summed E-state index contributed by atoms with van der Waals surface area (Å²) in [6, 6.07) is 5.92. The number of aryl methyl sites for hydroxylation is 1. The zero-order valence-electron chi connectivity index (χ0n) is 11.4. The van der Waals surface area contributed by atoms with Gasteiger partial charge >= 0.3 is 0 Å². The van der Waals surface area contributed by atoms with Crippen molar-refractivity contribution in [2.24, 2.45) is 5.73 Å². The molecule has 5 nitrogen and oxygen atoms in total. The van der Waals surface area contributed by atoms with E-state index in [-0.39, 0.29) is 24.7 Å². The summed E-state index contributed by atoms with van der Waals surface area (Å²) >= 11 is 0. The van der Waals surface area contributed by atoms with Crippen LogP contribution in [0.5, 0.6) is 0 Å². The van der Waals surface area contributed by atoms with E-state index in [9.17, 15) is 5.11 Å². The predicted octanol–water partition coefficient (Wildman–Crippen LogP) is 0.865. The number of nitrogen functional groups attached to an aromatic ring is 1. The molecule has 0 aromatic heterocycles. The first-order chi connectivity index (χ1) is 9.01. The number of aliphatic hydroxyl groups excluding tert-OH is 1. The van der Waals surface area contributed by atoms with Gasteiger partial charge in [0.05, 0.1) is 18.8 Å². The largest absolute Gasteiger partial charge is 0.394 e. The number of hydrogen-bond donors (Lipinski definition) is 3. The molecular weight excluding hydrogens is 242 g/mol. The lowest BCUT2D eigenvalue weighted by molar-refractivity contribution is -0.0421. The van der Waals surface area contributed by atoms with Crippen molar-refractivity contribution < 1.29 is 9.84 Å². The summed E-state index contributed by atoms with van der Waals surface area (Å²) in [5.74, 6) is 0.0680. The van der Waals surface area contributed by atoms with Crippen LogP contribution in [0.15, 0.2) is 18.2 Å². The Bertz CT molecular complexity index is 476. The van der Waals surface area contributed by atoms with E-state index < -0.39 is 0 Å². The maximum atomic E-state index is 9.28. The minimum absolute atomic E-state index is 0.00209. The number of morpholine rings is 1. The van der Waals surface area contributed by atoms with Crippen LogP contribution in [-0.4, -0.2) is 42.8 Å². The van der Waals surface area contributed by atoms with Crippen molar-refractivity contribution in [3.05, 3.63) is 29.3 Å². The van der Waals surface area contributed by atoms with Crippen LogP contribution in [-0.2, 0) is 4.74 Å². The Morgan fingerprint density at radius 3 is 2.89 bits per heavy atom. The fourth-order valence-electron chi connectivity index (χ4n) is 2.48. The summed E-state index contributed by atoms with van der Waals surface area (Å²) in [6.45, 7) is 5.32. The third-order valence-corrected chi connectivity index (χ3v) is 3.31. The lowest BCUT2D eigenvalue weighted by Crippen LogP contribution is -2.48. The van der Waals surface area contributed by atoms with Crippen LogP contribution < -0.4 is 10.6 Å². The van der Waals surface area contributed by atoms with Gasteiger partial charge in [0.15, 0.2) is 0 Å². The van der Waals surface area contributed by atoms with E-state index in [1.54, 1.807) is 0 Å². The summed E-state index contributed by atoms with van der Waals surface area (Å²) in [5.41, 5.74) is 8.42. The lowest BCUT2D eigenvalue weighted by atomic mass is 10.1. The first-order valence-electron chi connectivity index (χ1n) is 6.47. The third-order valence-electron chi connectivity index (χ3n) is 3.31. The average molecular weight is 263 g/mol. The highest BCUT2D eigenvalue weighted by Crippen LogP contribution is 2.25. The van der Waals surface area contributed by atoms with Gasteiger partial charge in [-0.15, -0.1) is 0 Å². The average Bonchev–Trinajstić information content (AvgIpc) is 2.37. The highest BCUT2D eigenvalue weighted by atomic mass is 16.5. The van der Waals surface area contributed by atoms with Gasteiger partial charge in [-0.3, -0.25) is 5.41 Å². The van der Waals surface area contributed by atoms with Crippen LogP contribution >= 0.6 is 0 Å². The summed E-state index contributed by atoms with van der Waals surface area (Å²) < 4.78 is 5.63. The molecule has 1 aliphatic rings. The van der Waals surface area contributed by atoms with Crippen LogP contribution in [0.2, 0.25) is 0 Å². The molecule has 2 unspecified atom stereocenters. The summed E-state index contributed by atoms with van der Waals surface area (Å²) in [6.07, 6.45) is -0.142. The molecule has 19 heavy (non-hydrogen) atoms. The van der Waals surface area contributed by atoms with E-state index in [4.69, 9.17) is 15.9 Å². The number of aliphatic hydroxyl groups is 1. The Morgan fingerprint density at radius 1 is 1.53 bits per heavy atom. The maximum Gasteiger partial charge on any atom is 0.124 e. The van der Waals surface area contributed by atoms with E-state index in [0.717, 1.165) is 23.4 Å². The molecule has 104 valence electrons. The second-order valence-corrected chi connectivity index (χ2v) is 5.09. The van der Waals surface area contributed by atoms with Gasteiger partial charge < -0.3 is 20.5 Å². The lowest BCUT2D eigenvalue weighted by Gasteiger charge is -2.38.